The van der Waals surface area contributed by atoms with Gasteiger partial charge in [-0.15, -0.1) is 0 Å². The molecule has 0 aliphatic heterocycles. The second-order valence-electron chi connectivity index (χ2n) is 7.12. The third kappa shape index (κ3) is 3.87. The van der Waals surface area contributed by atoms with Gasteiger partial charge in [-0.05, 0) is 46.5 Å². The molecular formula is C15H28N2O3. The standard InChI is InChI=1S/C15H28N2O3/c1-10-7-6-8-11(9-10)16-13(20)17-15(4,5)14(2,3)12(18)19/h10-11H,6-9H2,1-5H3,(H,18,19)(H2,16,17,20). The summed E-state index contributed by atoms with van der Waals surface area (Å²) >= 11 is 0. The van der Waals surface area contributed by atoms with Crippen molar-refractivity contribution in [1.82, 2.24) is 10.6 Å². The van der Waals surface area contributed by atoms with Crippen LogP contribution in [0.5, 0.6) is 0 Å². The summed E-state index contributed by atoms with van der Waals surface area (Å²) in [6, 6.07) is -0.0779. The van der Waals surface area contributed by atoms with Gasteiger partial charge in [-0.2, -0.15) is 0 Å². The van der Waals surface area contributed by atoms with Gasteiger partial charge in [-0.25, -0.2) is 4.79 Å². The van der Waals surface area contributed by atoms with Gasteiger partial charge < -0.3 is 15.7 Å². The first kappa shape index (κ1) is 16.8. The Balaban J connectivity index is 2.59. The van der Waals surface area contributed by atoms with Gasteiger partial charge in [0.2, 0.25) is 0 Å². The van der Waals surface area contributed by atoms with E-state index in [1.807, 2.05) is 0 Å². The maximum atomic E-state index is 12.1. The van der Waals surface area contributed by atoms with Crippen LogP contribution in [0.4, 0.5) is 4.79 Å². The molecule has 20 heavy (non-hydrogen) atoms. The first-order valence-corrected chi connectivity index (χ1v) is 7.38. The number of carbonyl (C=O) groups is 2. The van der Waals surface area contributed by atoms with Gasteiger partial charge >= 0.3 is 12.0 Å². The fraction of sp³-hybridized carbons (Fsp3) is 0.867. The minimum Gasteiger partial charge on any atom is -0.481 e. The quantitative estimate of drug-likeness (QED) is 0.742. The number of aliphatic carboxylic acids is 1. The molecule has 0 aromatic carbocycles. The van der Waals surface area contributed by atoms with E-state index in [0.717, 1.165) is 19.3 Å². The summed E-state index contributed by atoms with van der Waals surface area (Å²) in [5.74, 6) is -0.286. The summed E-state index contributed by atoms with van der Waals surface area (Å²) < 4.78 is 0. The van der Waals surface area contributed by atoms with Crippen molar-refractivity contribution in [3.63, 3.8) is 0 Å². The Morgan fingerprint density at radius 3 is 2.25 bits per heavy atom. The van der Waals surface area contributed by atoms with E-state index < -0.39 is 16.9 Å². The molecule has 1 fully saturated rings. The molecule has 0 aromatic rings. The van der Waals surface area contributed by atoms with Crippen molar-refractivity contribution >= 4 is 12.0 Å². The highest BCUT2D eigenvalue weighted by molar-refractivity contribution is 5.79. The predicted molar refractivity (Wildman–Crippen MR) is 78.6 cm³/mol. The average molecular weight is 284 g/mol. The Kier molecular flexibility index (Phi) is 5.05. The molecule has 5 heteroatoms. The van der Waals surface area contributed by atoms with E-state index in [1.54, 1.807) is 27.7 Å². The van der Waals surface area contributed by atoms with Crippen LogP contribution in [0.15, 0.2) is 0 Å². The largest absolute Gasteiger partial charge is 0.481 e. The van der Waals surface area contributed by atoms with Gasteiger partial charge in [0.25, 0.3) is 0 Å². The van der Waals surface area contributed by atoms with E-state index in [1.165, 1.54) is 6.42 Å². The normalized spacial score (nSPS) is 24.1. The molecule has 0 radical (unpaired) electrons. The van der Waals surface area contributed by atoms with Gasteiger partial charge in [0.15, 0.2) is 0 Å². The third-order valence-corrected chi connectivity index (χ3v) is 4.79. The molecule has 1 aliphatic carbocycles. The summed E-state index contributed by atoms with van der Waals surface area (Å²) in [4.78, 5) is 23.4. The molecule has 1 rings (SSSR count). The first-order valence-electron chi connectivity index (χ1n) is 7.38. The topological polar surface area (TPSA) is 78.4 Å². The Bertz CT molecular complexity index is 377. The van der Waals surface area contributed by atoms with Crippen molar-refractivity contribution < 1.29 is 14.7 Å². The van der Waals surface area contributed by atoms with Crippen molar-refractivity contribution in [1.29, 1.82) is 0 Å². The minimum absolute atomic E-state index is 0.197. The zero-order valence-corrected chi connectivity index (χ0v) is 13.2. The maximum absolute atomic E-state index is 12.1. The van der Waals surface area contributed by atoms with Crippen LogP contribution in [-0.2, 0) is 4.79 Å². The van der Waals surface area contributed by atoms with Crippen LogP contribution in [-0.4, -0.2) is 28.7 Å². The predicted octanol–water partition coefficient (Wildman–Crippen LogP) is 2.75. The molecule has 2 atom stereocenters. The molecule has 1 saturated carbocycles. The van der Waals surface area contributed by atoms with E-state index >= 15 is 0 Å². The molecule has 1 aliphatic rings. The fourth-order valence-electron chi connectivity index (χ4n) is 2.49. The van der Waals surface area contributed by atoms with Crippen LogP contribution in [0, 0.1) is 11.3 Å². The fourth-order valence-corrected chi connectivity index (χ4v) is 2.49. The molecule has 0 bridgehead atoms. The number of hydrogen-bond donors (Lipinski definition) is 3. The van der Waals surface area contributed by atoms with Gasteiger partial charge in [0.1, 0.15) is 0 Å². The summed E-state index contributed by atoms with van der Waals surface area (Å²) in [5.41, 5.74) is -1.87. The lowest BCUT2D eigenvalue weighted by Crippen LogP contribution is -2.60. The van der Waals surface area contributed by atoms with E-state index in [9.17, 15) is 14.7 Å². The molecule has 0 saturated heterocycles. The third-order valence-electron chi connectivity index (χ3n) is 4.79. The highest BCUT2D eigenvalue weighted by atomic mass is 16.4. The molecule has 3 N–H and O–H groups in total. The minimum atomic E-state index is -1.04. The first-order chi connectivity index (χ1) is 9.06. The molecular weight excluding hydrogens is 256 g/mol. The van der Waals surface area contributed by atoms with Crippen LogP contribution in [0.2, 0.25) is 0 Å². The lowest BCUT2D eigenvalue weighted by molar-refractivity contribution is -0.150. The number of rotatable bonds is 4. The zero-order valence-electron chi connectivity index (χ0n) is 13.2. The highest BCUT2D eigenvalue weighted by Crippen LogP contribution is 2.30. The number of nitrogens with one attached hydrogen (secondary N) is 2. The smallest absolute Gasteiger partial charge is 0.315 e. The summed E-state index contributed by atoms with van der Waals surface area (Å²) in [5, 5.41) is 15.1. The van der Waals surface area contributed by atoms with Crippen LogP contribution < -0.4 is 10.6 Å². The summed E-state index contributed by atoms with van der Waals surface area (Å²) in [7, 11) is 0. The summed E-state index contributed by atoms with van der Waals surface area (Å²) in [6.07, 6.45) is 4.35. The molecule has 0 aromatic heterocycles. The molecule has 0 heterocycles. The molecule has 2 unspecified atom stereocenters. The lowest BCUT2D eigenvalue weighted by atomic mass is 9.74. The average Bonchev–Trinajstić information content (AvgIpc) is 2.27. The van der Waals surface area contributed by atoms with Crippen LogP contribution in [0.1, 0.15) is 60.3 Å². The lowest BCUT2D eigenvalue weighted by Gasteiger charge is -2.39. The maximum Gasteiger partial charge on any atom is 0.315 e. The van der Waals surface area contributed by atoms with Crippen molar-refractivity contribution in [3.05, 3.63) is 0 Å². The van der Waals surface area contributed by atoms with Gasteiger partial charge in [-0.1, -0.05) is 19.8 Å². The van der Waals surface area contributed by atoms with Crippen molar-refractivity contribution in [2.75, 3.05) is 0 Å². The second-order valence-corrected chi connectivity index (χ2v) is 7.12. The summed E-state index contributed by atoms with van der Waals surface area (Å²) in [6.45, 7) is 8.92. The molecule has 5 nitrogen and oxygen atoms in total. The number of carbonyl (C=O) groups excluding carboxylic acids is 1. The molecule has 2 amide bonds. The Labute approximate surface area is 121 Å². The Hall–Kier alpha value is -1.26. The van der Waals surface area contributed by atoms with E-state index in [4.69, 9.17) is 0 Å². The van der Waals surface area contributed by atoms with Gasteiger partial charge in [0.05, 0.1) is 11.0 Å². The SMILES string of the molecule is CC1CCCC(NC(=O)NC(C)(C)C(C)(C)C(=O)O)C1. The number of amides is 2. The molecule has 0 spiro atoms. The van der Waals surface area contributed by atoms with E-state index in [-0.39, 0.29) is 12.1 Å². The Morgan fingerprint density at radius 1 is 1.15 bits per heavy atom. The van der Waals surface area contributed by atoms with Crippen LogP contribution in [0.3, 0.4) is 0 Å². The number of urea groups is 1. The number of carboxylic acids is 1. The van der Waals surface area contributed by atoms with Gasteiger partial charge in [0, 0.05) is 6.04 Å². The molecule has 116 valence electrons. The van der Waals surface area contributed by atoms with Crippen LogP contribution >= 0.6 is 0 Å². The van der Waals surface area contributed by atoms with Gasteiger partial charge in [-0.3, -0.25) is 4.79 Å². The van der Waals surface area contributed by atoms with Crippen molar-refractivity contribution in [2.24, 2.45) is 11.3 Å². The second kappa shape index (κ2) is 6.02. The van der Waals surface area contributed by atoms with Crippen LogP contribution in [0.25, 0.3) is 0 Å². The highest BCUT2D eigenvalue weighted by Gasteiger charge is 2.44. The monoisotopic (exact) mass is 284 g/mol. The van der Waals surface area contributed by atoms with E-state index in [0.29, 0.717) is 5.92 Å². The van der Waals surface area contributed by atoms with E-state index in [2.05, 4.69) is 17.6 Å². The van der Waals surface area contributed by atoms with Crippen molar-refractivity contribution in [2.45, 2.75) is 71.9 Å². The number of carboxylic acid groups (broad SMARTS) is 1. The number of hydrogen-bond acceptors (Lipinski definition) is 2. The van der Waals surface area contributed by atoms with Crippen molar-refractivity contribution in [3.8, 4) is 0 Å². The zero-order chi connectivity index (χ0) is 15.6. The Morgan fingerprint density at radius 2 is 1.75 bits per heavy atom.